The van der Waals surface area contributed by atoms with Crippen LogP contribution in [0.1, 0.15) is 20.8 Å². The number of anilines is 1. The summed E-state index contributed by atoms with van der Waals surface area (Å²) in [5.41, 5.74) is -0.0436. The van der Waals surface area contributed by atoms with Gasteiger partial charge in [0.15, 0.2) is 11.2 Å². The van der Waals surface area contributed by atoms with Gasteiger partial charge in [-0.15, -0.1) is 0 Å². The molecule has 0 aliphatic carbocycles. The van der Waals surface area contributed by atoms with E-state index in [1.165, 1.54) is 11.6 Å². The minimum atomic E-state index is -0.382. The van der Waals surface area contributed by atoms with Crippen LogP contribution >= 0.6 is 0 Å². The van der Waals surface area contributed by atoms with E-state index in [1.54, 1.807) is 7.05 Å². The lowest BCUT2D eigenvalue weighted by Crippen LogP contribution is -2.36. The van der Waals surface area contributed by atoms with Crippen LogP contribution in [0.5, 0.6) is 0 Å². The van der Waals surface area contributed by atoms with Gasteiger partial charge in [0, 0.05) is 20.1 Å². The third-order valence-electron chi connectivity index (χ3n) is 3.46. The molecule has 2 aromatic heterocycles. The summed E-state index contributed by atoms with van der Waals surface area (Å²) in [4.78, 5) is 31.0. The Morgan fingerprint density at radius 1 is 1.16 bits per heavy atom. The minimum Gasteiger partial charge on any atom is -0.353 e. The first-order valence-electron chi connectivity index (χ1n) is 6.25. The molecule has 0 aromatic carbocycles. The number of nitrogens with zero attached hydrogens (tertiary/aromatic N) is 3. The minimum absolute atomic E-state index is 0.210. The van der Waals surface area contributed by atoms with Gasteiger partial charge in [-0.1, -0.05) is 13.8 Å². The van der Waals surface area contributed by atoms with Crippen LogP contribution in [0.3, 0.4) is 0 Å². The average molecular weight is 265 g/mol. The van der Waals surface area contributed by atoms with Crippen LogP contribution in [0, 0.1) is 5.92 Å². The van der Waals surface area contributed by atoms with E-state index in [9.17, 15) is 9.59 Å². The molecule has 2 N–H and O–H groups in total. The van der Waals surface area contributed by atoms with Gasteiger partial charge < -0.3 is 10.3 Å². The summed E-state index contributed by atoms with van der Waals surface area (Å²) >= 11 is 0. The summed E-state index contributed by atoms with van der Waals surface area (Å²) in [5, 5.41) is 3.19. The van der Waals surface area contributed by atoms with Gasteiger partial charge in [0.2, 0.25) is 5.95 Å². The van der Waals surface area contributed by atoms with E-state index in [0.29, 0.717) is 23.0 Å². The molecule has 2 aromatic rings. The normalized spacial score (nSPS) is 13.2. The number of rotatable bonds is 3. The smallest absolute Gasteiger partial charge is 0.332 e. The van der Waals surface area contributed by atoms with E-state index in [0.717, 1.165) is 4.57 Å². The fourth-order valence-corrected chi connectivity index (χ4v) is 1.78. The molecule has 1 unspecified atom stereocenters. The largest absolute Gasteiger partial charge is 0.353 e. The van der Waals surface area contributed by atoms with Gasteiger partial charge in [-0.05, 0) is 12.8 Å². The van der Waals surface area contributed by atoms with E-state index in [2.05, 4.69) is 29.1 Å². The lowest BCUT2D eigenvalue weighted by Gasteiger charge is -2.16. The van der Waals surface area contributed by atoms with Gasteiger partial charge >= 0.3 is 5.69 Å². The second-order valence-electron chi connectivity index (χ2n) is 5.17. The highest BCUT2D eigenvalue weighted by atomic mass is 16.2. The van der Waals surface area contributed by atoms with Gasteiger partial charge in [0.25, 0.3) is 5.56 Å². The van der Waals surface area contributed by atoms with Crippen molar-refractivity contribution >= 4 is 17.1 Å². The van der Waals surface area contributed by atoms with Gasteiger partial charge in [-0.3, -0.25) is 13.9 Å². The molecule has 0 saturated heterocycles. The number of imidazole rings is 1. The summed E-state index contributed by atoms with van der Waals surface area (Å²) in [6.07, 6.45) is 0. The Balaban J connectivity index is 2.58. The Bertz CT molecular complexity index is 722. The van der Waals surface area contributed by atoms with Crippen LogP contribution < -0.4 is 16.6 Å². The maximum atomic E-state index is 12.0. The molecule has 0 amide bonds. The monoisotopic (exact) mass is 265 g/mol. The van der Waals surface area contributed by atoms with Crippen molar-refractivity contribution in [1.82, 2.24) is 19.1 Å². The molecule has 0 bridgehead atoms. The fourth-order valence-electron chi connectivity index (χ4n) is 1.78. The number of aryl methyl sites for hydroxylation is 1. The third kappa shape index (κ3) is 2.16. The summed E-state index contributed by atoms with van der Waals surface area (Å²) in [5.74, 6) is 0.939. The van der Waals surface area contributed by atoms with Crippen LogP contribution in [0.25, 0.3) is 11.2 Å². The topological polar surface area (TPSA) is 84.7 Å². The molecular formula is C12H19N5O2. The van der Waals surface area contributed by atoms with E-state index in [-0.39, 0.29) is 17.3 Å². The zero-order chi connectivity index (χ0) is 14.3. The van der Waals surface area contributed by atoms with Gasteiger partial charge in [0.1, 0.15) is 0 Å². The van der Waals surface area contributed by atoms with Crippen molar-refractivity contribution in [3.05, 3.63) is 20.8 Å². The lowest BCUT2D eigenvalue weighted by atomic mass is 10.1. The first kappa shape index (κ1) is 13.4. The van der Waals surface area contributed by atoms with Gasteiger partial charge in [-0.2, -0.15) is 4.98 Å². The standard InChI is InChI=1S/C12H19N5O2/c1-6(2)7(3)13-11-14-8-9(15-11)16(4)12(19)17(5)10(8)18/h6-7H,1-5H3,(H2,13,14,15). The zero-order valence-electron chi connectivity index (χ0n) is 11.8. The molecular weight excluding hydrogens is 246 g/mol. The summed E-state index contributed by atoms with van der Waals surface area (Å²) in [6.45, 7) is 6.22. The van der Waals surface area contributed by atoms with Crippen molar-refractivity contribution in [1.29, 1.82) is 0 Å². The average Bonchev–Trinajstić information content (AvgIpc) is 2.77. The van der Waals surface area contributed by atoms with Crippen LogP contribution in [-0.4, -0.2) is 25.1 Å². The number of H-pyrrole nitrogens is 1. The highest BCUT2D eigenvalue weighted by molar-refractivity contribution is 5.72. The molecule has 2 heterocycles. The SMILES string of the molecule is CC(C)C(C)Nc1nc2c([nH]1)c(=O)n(C)c(=O)n2C. The van der Waals surface area contributed by atoms with E-state index >= 15 is 0 Å². The van der Waals surface area contributed by atoms with Crippen molar-refractivity contribution in [2.75, 3.05) is 5.32 Å². The van der Waals surface area contributed by atoms with E-state index in [4.69, 9.17) is 0 Å². The predicted octanol–water partition coefficient (Wildman–Crippen LogP) is 0.417. The highest BCUT2D eigenvalue weighted by Gasteiger charge is 2.15. The molecule has 7 nitrogen and oxygen atoms in total. The maximum Gasteiger partial charge on any atom is 0.332 e. The Hall–Kier alpha value is -2.05. The van der Waals surface area contributed by atoms with Gasteiger partial charge in [0.05, 0.1) is 0 Å². The quantitative estimate of drug-likeness (QED) is 0.842. The molecule has 0 spiro atoms. The first-order valence-corrected chi connectivity index (χ1v) is 6.25. The van der Waals surface area contributed by atoms with Crippen LogP contribution in [0.15, 0.2) is 9.59 Å². The molecule has 0 aliphatic heterocycles. The van der Waals surface area contributed by atoms with Gasteiger partial charge in [-0.25, -0.2) is 4.79 Å². The Morgan fingerprint density at radius 3 is 2.37 bits per heavy atom. The molecule has 104 valence electrons. The molecule has 0 fully saturated rings. The van der Waals surface area contributed by atoms with Crippen molar-refractivity contribution in [3.8, 4) is 0 Å². The van der Waals surface area contributed by atoms with Crippen molar-refractivity contribution in [2.45, 2.75) is 26.8 Å². The van der Waals surface area contributed by atoms with E-state index in [1.807, 2.05) is 6.92 Å². The third-order valence-corrected chi connectivity index (χ3v) is 3.46. The van der Waals surface area contributed by atoms with Crippen LogP contribution in [0.2, 0.25) is 0 Å². The van der Waals surface area contributed by atoms with Crippen molar-refractivity contribution in [3.63, 3.8) is 0 Å². The molecule has 0 saturated carbocycles. The number of nitrogens with one attached hydrogen (secondary N) is 2. The Labute approximate surface area is 110 Å². The van der Waals surface area contributed by atoms with Crippen LogP contribution in [0.4, 0.5) is 5.95 Å². The fraction of sp³-hybridized carbons (Fsp3) is 0.583. The number of hydrogen-bond acceptors (Lipinski definition) is 4. The predicted molar refractivity (Wildman–Crippen MR) is 74.5 cm³/mol. The Kier molecular flexibility index (Phi) is 3.21. The number of fused-ring (bicyclic) bond motifs is 1. The molecule has 7 heteroatoms. The zero-order valence-corrected chi connectivity index (χ0v) is 11.8. The number of hydrogen-bond donors (Lipinski definition) is 2. The first-order chi connectivity index (χ1) is 8.82. The van der Waals surface area contributed by atoms with Crippen LogP contribution in [-0.2, 0) is 14.1 Å². The van der Waals surface area contributed by atoms with Crippen molar-refractivity contribution in [2.24, 2.45) is 20.0 Å². The second kappa shape index (κ2) is 4.56. The molecule has 1 atom stereocenters. The molecule has 2 rings (SSSR count). The molecule has 0 aliphatic rings. The highest BCUT2D eigenvalue weighted by Crippen LogP contribution is 2.12. The number of aromatic nitrogens is 4. The molecule has 0 radical (unpaired) electrons. The lowest BCUT2D eigenvalue weighted by molar-refractivity contribution is 0.557. The summed E-state index contributed by atoms with van der Waals surface area (Å²) in [6, 6.07) is 0.210. The van der Waals surface area contributed by atoms with Crippen molar-refractivity contribution < 1.29 is 0 Å². The molecule has 19 heavy (non-hydrogen) atoms. The summed E-state index contributed by atoms with van der Waals surface area (Å²) < 4.78 is 2.43. The van der Waals surface area contributed by atoms with E-state index < -0.39 is 0 Å². The Morgan fingerprint density at radius 2 is 1.79 bits per heavy atom. The number of aromatic amines is 1. The maximum absolute atomic E-state index is 12.0. The summed E-state index contributed by atoms with van der Waals surface area (Å²) in [7, 11) is 3.05. The second-order valence-corrected chi connectivity index (χ2v) is 5.17.